The van der Waals surface area contributed by atoms with Gasteiger partial charge in [0.05, 0.1) is 18.0 Å². The van der Waals surface area contributed by atoms with E-state index in [9.17, 15) is 4.79 Å². The predicted molar refractivity (Wildman–Crippen MR) is 100 cm³/mol. The van der Waals surface area contributed by atoms with Crippen molar-refractivity contribution in [3.63, 3.8) is 0 Å². The molecule has 0 saturated carbocycles. The maximum Gasteiger partial charge on any atom is 0.263 e. The first kappa shape index (κ1) is 16.6. The number of fused-ring (bicyclic) bond motifs is 3. The van der Waals surface area contributed by atoms with E-state index >= 15 is 0 Å². The fraction of sp³-hybridized carbons (Fsp3) is 0.667. The minimum absolute atomic E-state index is 0.154. The Kier molecular flexibility index (Phi) is 4.71. The zero-order valence-electron chi connectivity index (χ0n) is 14.3. The molecule has 1 saturated heterocycles. The molecule has 130 valence electrons. The Hall–Kier alpha value is -0.850. The molecule has 0 N–H and O–H groups in total. The predicted octanol–water partition coefficient (Wildman–Crippen LogP) is 3.87. The van der Waals surface area contributed by atoms with Crippen LogP contribution in [0, 0.1) is 5.92 Å². The van der Waals surface area contributed by atoms with Gasteiger partial charge in [-0.2, -0.15) is 0 Å². The molecule has 1 atom stereocenters. The fourth-order valence-corrected chi connectivity index (χ4v) is 5.82. The third-order valence-corrected chi connectivity index (χ3v) is 7.33. The van der Waals surface area contributed by atoms with Crippen molar-refractivity contribution in [3.05, 3.63) is 20.8 Å². The number of thioether (sulfide) groups is 1. The lowest BCUT2D eigenvalue weighted by Gasteiger charge is -2.16. The Balaban J connectivity index is 1.79. The molecule has 1 aliphatic heterocycles. The summed E-state index contributed by atoms with van der Waals surface area (Å²) in [5, 5.41) is 1.76. The SMILES string of the molecule is CC(C)CSc1nc2sc3c(c2c(=O)n1C[C@H]1CCCO1)CCC3. The highest BCUT2D eigenvalue weighted by atomic mass is 32.2. The van der Waals surface area contributed by atoms with E-state index < -0.39 is 0 Å². The summed E-state index contributed by atoms with van der Waals surface area (Å²) in [7, 11) is 0. The van der Waals surface area contributed by atoms with Gasteiger partial charge in [0, 0.05) is 17.2 Å². The first-order chi connectivity index (χ1) is 11.6. The fourth-order valence-electron chi connectivity index (χ4n) is 3.56. The Morgan fingerprint density at radius 3 is 3.00 bits per heavy atom. The molecule has 0 unspecified atom stereocenters. The van der Waals surface area contributed by atoms with Crippen molar-refractivity contribution in [3.8, 4) is 0 Å². The number of hydrogen-bond donors (Lipinski definition) is 0. The maximum atomic E-state index is 13.3. The van der Waals surface area contributed by atoms with Crippen LogP contribution < -0.4 is 5.56 Å². The molecule has 1 fully saturated rings. The number of ether oxygens (including phenoxy) is 1. The molecular weight excluding hydrogens is 340 g/mol. The van der Waals surface area contributed by atoms with E-state index in [4.69, 9.17) is 9.72 Å². The highest BCUT2D eigenvalue weighted by Crippen LogP contribution is 2.36. The Bertz CT molecular complexity index is 803. The van der Waals surface area contributed by atoms with E-state index in [0.717, 1.165) is 53.4 Å². The molecule has 4 nitrogen and oxygen atoms in total. The number of hydrogen-bond acceptors (Lipinski definition) is 5. The number of aryl methyl sites for hydroxylation is 2. The van der Waals surface area contributed by atoms with Gasteiger partial charge in [-0.15, -0.1) is 11.3 Å². The summed E-state index contributed by atoms with van der Waals surface area (Å²) in [5.41, 5.74) is 1.43. The van der Waals surface area contributed by atoms with Gasteiger partial charge in [-0.05, 0) is 43.6 Å². The second-order valence-electron chi connectivity index (χ2n) is 7.19. The Morgan fingerprint density at radius 2 is 2.25 bits per heavy atom. The monoisotopic (exact) mass is 364 g/mol. The largest absolute Gasteiger partial charge is 0.376 e. The molecule has 6 heteroatoms. The molecule has 4 rings (SSSR count). The summed E-state index contributed by atoms with van der Waals surface area (Å²) in [6.07, 6.45) is 5.61. The quantitative estimate of drug-likeness (QED) is 0.597. The van der Waals surface area contributed by atoms with E-state index in [1.54, 1.807) is 23.1 Å². The summed E-state index contributed by atoms with van der Waals surface area (Å²) in [4.78, 5) is 20.5. The van der Waals surface area contributed by atoms with Crippen molar-refractivity contribution in [2.75, 3.05) is 12.4 Å². The van der Waals surface area contributed by atoms with Crippen molar-refractivity contribution in [1.29, 1.82) is 0 Å². The Morgan fingerprint density at radius 1 is 1.38 bits per heavy atom. The van der Waals surface area contributed by atoms with E-state index in [-0.39, 0.29) is 11.7 Å². The molecule has 2 aliphatic rings. The molecule has 3 heterocycles. The maximum absolute atomic E-state index is 13.3. The summed E-state index contributed by atoms with van der Waals surface area (Å²) in [5.74, 6) is 1.56. The topological polar surface area (TPSA) is 44.1 Å². The van der Waals surface area contributed by atoms with Gasteiger partial charge in [-0.1, -0.05) is 25.6 Å². The van der Waals surface area contributed by atoms with Crippen molar-refractivity contribution >= 4 is 33.3 Å². The minimum atomic E-state index is 0.154. The van der Waals surface area contributed by atoms with Gasteiger partial charge < -0.3 is 4.74 Å². The summed E-state index contributed by atoms with van der Waals surface area (Å²) in [6.45, 7) is 5.87. The summed E-state index contributed by atoms with van der Waals surface area (Å²) >= 11 is 3.44. The van der Waals surface area contributed by atoms with Crippen molar-refractivity contribution in [1.82, 2.24) is 9.55 Å². The molecule has 0 radical (unpaired) electrons. The van der Waals surface area contributed by atoms with Gasteiger partial charge in [0.15, 0.2) is 5.16 Å². The van der Waals surface area contributed by atoms with E-state index in [1.165, 1.54) is 16.9 Å². The molecule has 0 bridgehead atoms. The van der Waals surface area contributed by atoms with Crippen LogP contribution in [-0.4, -0.2) is 28.0 Å². The van der Waals surface area contributed by atoms with Crippen LogP contribution in [0.15, 0.2) is 9.95 Å². The smallest absolute Gasteiger partial charge is 0.263 e. The van der Waals surface area contributed by atoms with Gasteiger partial charge in [-0.3, -0.25) is 9.36 Å². The van der Waals surface area contributed by atoms with Crippen molar-refractivity contribution in [2.45, 2.75) is 63.8 Å². The number of aromatic nitrogens is 2. The first-order valence-electron chi connectivity index (χ1n) is 8.93. The average Bonchev–Trinajstić information content (AvgIpc) is 3.24. The van der Waals surface area contributed by atoms with E-state index in [1.807, 2.05) is 4.57 Å². The molecule has 0 spiro atoms. The van der Waals surface area contributed by atoms with Gasteiger partial charge >= 0.3 is 0 Å². The second kappa shape index (κ2) is 6.81. The van der Waals surface area contributed by atoms with Crippen LogP contribution >= 0.6 is 23.1 Å². The lowest BCUT2D eigenvalue weighted by molar-refractivity contribution is 0.0937. The molecule has 2 aromatic rings. The lowest BCUT2D eigenvalue weighted by Crippen LogP contribution is -2.29. The number of nitrogens with zero attached hydrogens (tertiary/aromatic N) is 2. The molecule has 24 heavy (non-hydrogen) atoms. The zero-order chi connectivity index (χ0) is 16.7. The molecule has 0 aromatic carbocycles. The first-order valence-corrected chi connectivity index (χ1v) is 10.7. The van der Waals surface area contributed by atoms with Gasteiger partial charge in [0.25, 0.3) is 5.56 Å². The average molecular weight is 365 g/mol. The molecule has 0 amide bonds. The van der Waals surface area contributed by atoms with Gasteiger partial charge in [0.2, 0.25) is 0 Å². The standard InChI is InChI=1S/C18H24N2O2S2/c1-11(2)10-23-18-19-16-15(13-6-3-7-14(13)24-16)17(21)20(18)9-12-5-4-8-22-12/h11-12H,3-10H2,1-2H3/t12-/m1/s1. The summed E-state index contributed by atoms with van der Waals surface area (Å²) < 4.78 is 7.68. The highest BCUT2D eigenvalue weighted by molar-refractivity contribution is 7.99. The Labute approximate surface area is 150 Å². The highest BCUT2D eigenvalue weighted by Gasteiger charge is 2.25. The van der Waals surface area contributed by atoms with Crippen LogP contribution in [0.3, 0.4) is 0 Å². The molecule has 1 aliphatic carbocycles. The van der Waals surface area contributed by atoms with Crippen molar-refractivity contribution in [2.24, 2.45) is 5.92 Å². The normalized spacial score (nSPS) is 20.4. The minimum Gasteiger partial charge on any atom is -0.376 e. The molecular formula is C18H24N2O2S2. The van der Waals surface area contributed by atoms with E-state index in [0.29, 0.717) is 12.5 Å². The lowest BCUT2D eigenvalue weighted by atomic mass is 10.2. The number of thiophene rings is 1. The van der Waals surface area contributed by atoms with Crippen LogP contribution in [0.5, 0.6) is 0 Å². The third kappa shape index (κ3) is 3.04. The van der Waals surface area contributed by atoms with Crippen LogP contribution in [0.1, 0.15) is 43.6 Å². The van der Waals surface area contributed by atoms with Gasteiger partial charge in [0.1, 0.15) is 4.83 Å². The van der Waals surface area contributed by atoms with E-state index in [2.05, 4.69) is 13.8 Å². The number of rotatable bonds is 5. The van der Waals surface area contributed by atoms with Crippen LogP contribution in [0.2, 0.25) is 0 Å². The van der Waals surface area contributed by atoms with Crippen LogP contribution in [0.25, 0.3) is 10.2 Å². The van der Waals surface area contributed by atoms with Crippen molar-refractivity contribution < 1.29 is 4.74 Å². The second-order valence-corrected chi connectivity index (χ2v) is 9.26. The third-order valence-electron chi connectivity index (χ3n) is 4.75. The zero-order valence-corrected chi connectivity index (χ0v) is 16.0. The van der Waals surface area contributed by atoms with Crippen LogP contribution in [0.4, 0.5) is 0 Å². The summed E-state index contributed by atoms with van der Waals surface area (Å²) in [6, 6.07) is 0. The van der Waals surface area contributed by atoms with Gasteiger partial charge in [-0.25, -0.2) is 4.98 Å². The van der Waals surface area contributed by atoms with Crippen LogP contribution in [-0.2, 0) is 24.1 Å². The molecule has 2 aromatic heterocycles.